The molecule has 7 heteroatoms. The SMILES string of the molecule is Cn1c(CCNC(=O)c2ccoc2)n[nH]c1=S. The molecule has 90 valence electrons. The Labute approximate surface area is 103 Å². The van der Waals surface area contributed by atoms with Crippen LogP contribution in [0.1, 0.15) is 16.2 Å². The first-order valence-corrected chi connectivity index (χ1v) is 5.50. The quantitative estimate of drug-likeness (QED) is 0.797. The van der Waals surface area contributed by atoms with Gasteiger partial charge in [-0.05, 0) is 18.3 Å². The second kappa shape index (κ2) is 4.96. The van der Waals surface area contributed by atoms with Crippen molar-refractivity contribution in [3.63, 3.8) is 0 Å². The Hall–Kier alpha value is -1.89. The maximum absolute atomic E-state index is 11.6. The van der Waals surface area contributed by atoms with Crippen molar-refractivity contribution in [1.29, 1.82) is 0 Å². The predicted octanol–water partition coefficient (Wildman–Crippen LogP) is 1.04. The molecule has 0 fully saturated rings. The van der Waals surface area contributed by atoms with Crippen LogP contribution in [-0.4, -0.2) is 27.2 Å². The van der Waals surface area contributed by atoms with Crippen molar-refractivity contribution in [2.24, 2.45) is 7.05 Å². The largest absolute Gasteiger partial charge is 0.472 e. The molecule has 1 amide bonds. The third-order valence-corrected chi connectivity index (χ3v) is 2.76. The van der Waals surface area contributed by atoms with Gasteiger partial charge in [0.15, 0.2) is 4.77 Å². The molecule has 0 atom stereocenters. The topological polar surface area (TPSA) is 75.8 Å². The third kappa shape index (κ3) is 2.62. The average molecular weight is 252 g/mol. The Morgan fingerprint density at radius 3 is 3.12 bits per heavy atom. The van der Waals surface area contributed by atoms with Crippen molar-refractivity contribution >= 4 is 18.1 Å². The summed E-state index contributed by atoms with van der Waals surface area (Å²) in [7, 11) is 1.83. The zero-order valence-corrected chi connectivity index (χ0v) is 10.1. The molecule has 0 radical (unpaired) electrons. The summed E-state index contributed by atoms with van der Waals surface area (Å²) in [6, 6.07) is 1.62. The average Bonchev–Trinajstić information content (AvgIpc) is 2.93. The molecule has 17 heavy (non-hydrogen) atoms. The van der Waals surface area contributed by atoms with Crippen molar-refractivity contribution in [2.75, 3.05) is 6.54 Å². The van der Waals surface area contributed by atoms with Gasteiger partial charge in [0, 0.05) is 20.0 Å². The molecule has 0 saturated heterocycles. The van der Waals surface area contributed by atoms with E-state index in [1.54, 1.807) is 10.6 Å². The Bertz CT molecular complexity index is 555. The van der Waals surface area contributed by atoms with Crippen molar-refractivity contribution in [3.05, 3.63) is 34.8 Å². The number of amides is 1. The Kier molecular flexibility index (Phi) is 3.38. The monoisotopic (exact) mass is 252 g/mol. The fourth-order valence-corrected chi connectivity index (χ4v) is 1.54. The number of carbonyl (C=O) groups excluding carboxylic acids is 1. The molecule has 0 aliphatic carbocycles. The van der Waals surface area contributed by atoms with E-state index in [4.69, 9.17) is 16.6 Å². The lowest BCUT2D eigenvalue weighted by Gasteiger charge is -2.02. The summed E-state index contributed by atoms with van der Waals surface area (Å²) >= 11 is 4.99. The van der Waals surface area contributed by atoms with Gasteiger partial charge in [-0.15, -0.1) is 0 Å². The van der Waals surface area contributed by atoms with E-state index in [0.717, 1.165) is 5.82 Å². The van der Waals surface area contributed by atoms with E-state index < -0.39 is 0 Å². The van der Waals surface area contributed by atoms with Crippen molar-refractivity contribution in [2.45, 2.75) is 6.42 Å². The fraction of sp³-hybridized carbons (Fsp3) is 0.300. The number of hydrogen-bond acceptors (Lipinski definition) is 4. The lowest BCUT2D eigenvalue weighted by molar-refractivity contribution is 0.0953. The van der Waals surface area contributed by atoms with Gasteiger partial charge >= 0.3 is 0 Å². The molecule has 0 saturated carbocycles. The number of aromatic nitrogens is 3. The van der Waals surface area contributed by atoms with Crippen LogP contribution in [0.25, 0.3) is 0 Å². The molecular formula is C10H12N4O2S. The number of carbonyl (C=O) groups is 1. The van der Waals surface area contributed by atoms with Crippen LogP contribution in [0.2, 0.25) is 0 Å². The molecule has 0 bridgehead atoms. The number of furan rings is 1. The van der Waals surface area contributed by atoms with E-state index in [-0.39, 0.29) is 5.91 Å². The molecule has 0 unspecified atom stereocenters. The second-order valence-electron chi connectivity index (χ2n) is 3.52. The van der Waals surface area contributed by atoms with Gasteiger partial charge in [-0.1, -0.05) is 0 Å². The lowest BCUT2D eigenvalue weighted by Crippen LogP contribution is -2.25. The smallest absolute Gasteiger partial charge is 0.254 e. The summed E-state index contributed by atoms with van der Waals surface area (Å²) in [5.74, 6) is 0.651. The molecule has 0 aromatic carbocycles. The number of hydrogen-bond donors (Lipinski definition) is 2. The summed E-state index contributed by atoms with van der Waals surface area (Å²) in [4.78, 5) is 11.6. The molecule has 2 heterocycles. The first-order chi connectivity index (χ1) is 8.18. The fourth-order valence-electron chi connectivity index (χ4n) is 1.39. The van der Waals surface area contributed by atoms with Crippen LogP contribution >= 0.6 is 12.2 Å². The van der Waals surface area contributed by atoms with Crippen LogP contribution in [0.15, 0.2) is 23.0 Å². The minimum atomic E-state index is -0.157. The zero-order chi connectivity index (χ0) is 12.3. The summed E-state index contributed by atoms with van der Waals surface area (Å²) < 4.78 is 7.17. The van der Waals surface area contributed by atoms with Crippen molar-refractivity contribution in [3.8, 4) is 0 Å². The molecule has 2 aromatic heterocycles. The normalized spacial score (nSPS) is 10.4. The van der Waals surface area contributed by atoms with E-state index in [1.807, 2.05) is 7.05 Å². The van der Waals surface area contributed by atoms with E-state index in [2.05, 4.69) is 15.5 Å². The van der Waals surface area contributed by atoms with Gasteiger partial charge in [0.2, 0.25) is 0 Å². The number of nitrogens with zero attached hydrogens (tertiary/aromatic N) is 2. The first-order valence-electron chi connectivity index (χ1n) is 5.09. The van der Waals surface area contributed by atoms with Crippen LogP contribution in [0.4, 0.5) is 0 Å². The van der Waals surface area contributed by atoms with E-state index in [9.17, 15) is 4.79 Å². The molecule has 2 aromatic rings. The van der Waals surface area contributed by atoms with Gasteiger partial charge in [0.05, 0.1) is 11.8 Å². The van der Waals surface area contributed by atoms with Gasteiger partial charge < -0.3 is 14.3 Å². The summed E-state index contributed by atoms with van der Waals surface area (Å²) in [5.41, 5.74) is 0.514. The van der Waals surface area contributed by atoms with E-state index in [0.29, 0.717) is 23.3 Å². The van der Waals surface area contributed by atoms with E-state index >= 15 is 0 Å². The number of H-pyrrole nitrogens is 1. The maximum atomic E-state index is 11.6. The van der Waals surface area contributed by atoms with Gasteiger partial charge in [0.1, 0.15) is 12.1 Å². The summed E-state index contributed by atoms with van der Waals surface area (Å²) in [6.07, 6.45) is 3.49. The molecule has 0 aliphatic heterocycles. The number of rotatable bonds is 4. The van der Waals surface area contributed by atoms with Crippen LogP contribution in [-0.2, 0) is 13.5 Å². The van der Waals surface area contributed by atoms with Gasteiger partial charge in [-0.25, -0.2) is 0 Å². The van der Waals surface area contributed by atoms with Gasteiger partial charge in [-0.3, -0.25) is 9.89 Å². The highest BCUT2D eigenvalue weighted by molar-refractivity contribution is 7.71. The Morgan fingerprint density at radius 2 is 2.53 bits per heavy atom. The molecular weight excluding hydrogens is 240 g/mol. The Balaban J connectivity index is 1.86. The minimum absolute atomic E-state index is 0.157. The molecule has 0 aliphatic rings. The molecule has 2 N–H and O–H groups in total. The van der Waals surface area contributed by atoms with Crippen LogP contribution in [0, 0.1) is 4.77 Å². The second-order valence-corrected chi connectivity index (χ2v) is 3.91. The number of nitrogens with one attached hydrogen (secondary N) is 2. The zero-order valence-electron chi connectivity index (χ0n) is 9.27. The molecule has 0 spiro atoms. The first kappa shape index (κ1) is 11.6. The molecule has 2 rings (SSSR count). The minimum Gasteiger partial charge on any atom is -0.472 e. The van der Waals surface area contributed by atoms with Gasteiger partial charge in [0.25, 0.3) is 5.91 Å². The van der Waals surface area contributed by atoms with E-state index in [1.165, 1.54) is 12.5 Å². The lowest BCUT2D eigenvalue weighted by atomic mass is 10.3. The third-order valence-electron chi connectivity index (χ3n) is 2.39. The number of aromatic amines is 1. The van der Waals surface area contributed by atoms with Gasteiger partial charge in [-0.2, -0.15) is 5.10 Å². The Morgan fingerprint density at radius 1 is 1.71 bits per heavy atom. The standard InChI is InChI=1S/C10H12N4O2S/c1-14-8(12-13-10(14)17)2-4-11-9(15)7-3-5-16-6-7/h3,5-6H,2,4H2,1H3,(H,11,15)(H,13,17). The van der Waals surface area contributed by atoms with Crippen molar-refractivity contribution < 1.29 is 9.21 Å². The summed E-state index contributed by atoms with van der Waals surface area (Å²) in [5, 5.41) is 9.51. The maximum Gasteiger partial charge on any atom is 0.254 e. The summed E-state index contributed by atoms with van der Waals surface area (Å²) in [6.45, 7) is 0.498. The van der Waals surface area contributed by atoms with Crippen LogP contribution < -0.4 is 5.32 Å². The highest BCUT2D eigenvalue weighted by Gasteiger charge is 2.07. The highest BCUT2D eigenvalue weighted by Crippen LogP contribution is 1.99. The van der Waals surface area contributed by atoms with Crippen LogP contribution in [0.3, 0.4) is 0 Å². The van der Waals surface area contributed by atoms with Crippen LogP contribution in [0.5, 0.6) is 0 Å². The molecule has 6 nitrogen and oxygen atoms in total. The highest BCUT2D eigenvalue weighted by atomic mass is 32.1. The predicted molar refractivity (Wildman–Crippen MR) is 63.1 cm³/mol. The van der Waals surface area contributed by atoms with Crippen molar-refractivity contribution in [1.82, 2.24) is 20.1 Å².